The SMILES string of the molecule is CCN1C(=O)/C(=C/c2cn(CC(=O)N3CCOCC3)c3ccccc23)SC1=Nc1ccc(Br)cc1. The van der Waals surface area contributed by atoms with Gasteiger partial charge in [0.1, 0.15) is 6.54 Å². The van der Waals surface area contributed by atoms with Gasteiger partial charge in [0, 0.05) is 46.8 Å². The number of amidine groups is 1. The predicted octanol–water partition coefficient (Wildman–Crippen LogP) is 4.89. The molecule has 2 aliphatic heterocycles. The number of amides is 2. The Balaban J connectivity index is 1.45. The number of morpholine rings is 1. The number of hydrogen-bond acceptors (Lipinski definition) is 5. The summed E-state index contributed by atoms with van der Waals surface area (Å²) in [6.45, 7) is 5.12. The molecule has 2 aromatic carbocycles. The average molecular weight is 553 g/mol. The number of benzene rings is 2. The Hall–Kier alpha value is -2.88. The van der Waals surface area contributed by atoms with Gasteiger partial charge in [-0.05, 0) is 55.1 Å². The van der Waals surface area contributed by atoms with E-state index in [1.165, 1.54) is 11.8 Å². The summed E-state index contributed by atoms with van der Waals surface area (Å²) < 4.78 is 8.32. The van der Waals surface area contributed by atoms with Crippen LogP contribution in [0.1, 0.15) is 12.5 Å². The number of halogens is 1. The second-order valence-corrected chi connectivity index (χ2v) is 10.2. The molecule has 3 heterocycles. The molecule has 35 heavy (non-hydrogen) atoms. The number of nitrogens with zero attached hydrogens (tertiary/aromatic N) is 4. The fraction of sp³-hybridized carbons (Fsp3) is 0.269. The molecule has 0 spiro atoms. The molecule has 0 N–H and O–H groups in total. The maximum Gasteiger partial charge on any atom is 0.266 e. The highest BCUT2D eigenvalue weighted by atomic mass is 79.9. The molecule has 0 saturated carbocycles. The maximum absolute atomic E-state index is 13.2. The third-order valence-corrected chi connectivity index (χ3v) is 7.57. The largest absolute Gasteiger partial charge is 0.378 e. The van der Waals surface area contributed by atoms with Gasteiger partial charge in [-0.25, -0.2) is 4.99 Å². The van der Waals surface area contributed by atoms with Crippen molar-refractivity contribution in [2.24, 2.45) is 4.99 Å². The molecular weight excluding hydrogens is 528 g/mol. The number of para-hydroxylation sites is 1. The van der Waals surface area contributed by atoms with Gasteiger partial charge in [-0.3, -0.25) is 14.5 Å². The van der Waals surface area contributed by atoms with E-state index >= 15 is 0 Å². The van der Waals surface area contributed by atoms with Crippen LogP contribution in [-0.2, 0) is 20.9 Å². The van der Waals surface area contributed by atoms with E-state index in [-0.39, 0.29) is 18.4 Å². The number of fused-ring (bicyclic) bond motifs is 1. The molecule has 2 fully saturated rings. The number of aliphatic imine (C=N–C) groups is 1. The molecule has 180 valence electrons. The predicted molar refractivity (Wildman–Crippen MR) is 144 cm³/mol. The first kappa shape index (κ1) is 23.8. The Morgan fingerprint density at radius 3 is 2.63 bits per heavy atom. The lowest BCUT2D eigenvalue weighted by Gasteiger charge is -2.27. The first-order valence-electron chi connectivity index (χ1n) is 11.5. The molecule has 0 unspecified atom stereocenters. The van der Waals surface area contributed by atoms with Crippen molar-refractivity contribution in [3.05, 3.63) is 69.7 Å². The van der Waals surface area contributed by atoms with Crippen LogP contribution in [0.25, 0.3) is 17.0 Å². The Labute approximate surface area is 216 Å². The van der Waals surface area contributed by atoms with Gasteiger partial charge in [0.2, 0.25) is 5.91 Å². The summed E-state index contributed by atoms with van der Waals surface area (Å²) in [6, 6.07) is 15.7. The van der Waals surface area contributed by atoms with Gasteiger partial charge in [-0.15, -0.1) is 0 Å². The maximum atomic E-state index is 13.2. The minimum atomic E-state index is -0.0606. The molecule has 9 heteroatoms. The van der Waals surface area contributed by atoms with E-state index in [1.807, 2.05) is 77.2 Å². The van der Waals surface area contributed by atoms with Crippen LogP contribution in [0, 0.1) is 0 Å². The molecule has 0 aliphatic carbocycles. The molecule has 2 saturated heterocycles. The monoisotopic (exact) mass is 552 g/mol. The van der Waals surface area contributed by atoms with E-state index in [2.05, 4.69) is 15.9 Å². The molecule has 2 amide bonds. The minimum absolute atomic E-state index is 0.0606. The molecule has 0 atom stereocenters. The summed E-state index contributed by atoms with van der Waals surface area (Å²) >= 11 is 4.82. The number of carbonyl (C=O) groups is 2. The van der Waals surface area contributed by atoms with Crippen molar-refractivity contribution in [2.75, 3.05) is 32.8 Å². The molecule has 1 aromatic heterocycles. The van der Waals surface area contributed by atoms with E-state index in [1.54, 1.807) is 4.90 Å². The lowest BCUT2D eigenvalue weighted by Crippen LogP contribution is -2.42. The molecule has 5 rings (SSSR count). The number of hydrogen-bond donors (Lipinski definition) is 0. The van der Waals surface area contributed by atoms with Crippen LogP contribution in [0.3, 0.4) is 0 Å². The van der Waals surface area contributed by atoms with Gasteiger partial charge >= 0.3 is 0 Å². The third-order valence-electron chi connectivity index (χ3n) is 6.03. The third kappa shape index (κ3) is 5.07. The van der Waals surface area contributed by atoms with Gasteiger partial charge in [0.05, 0.1) is 23.8 Å². The van der Waals surface area contributed by atoms with Crippen LogP contribution in [0.15, 0.2) is 69.1 Å². The number of ether oxygens (including phenoxy) is 1. The number of thioether (sulfide) groups is 1. The lowest BCUT2D eigenvalue weighted by molar-refractivity contribution is -0.135. The summed E-state index contributed by atoms with van der Waals surface area (Å²) in [5, 5.41) is 1.67. The van der Waals surface area contributed by atoms with Crippen molar-refractivity contribution in [3.63, 3.8) is 0 Å². The van der Waals surface area contributed by atoms with E-state index in [0.29, 0.717) is 42.9 Å². The second-order valence-electron chi connectivity index (χ2n) is 8.25. The van der Waals surface area contributed by atoms with E-state index in [4.69, 9.17) is 9.73 Å². The molecular formula is C26H25BrN4O3S. The summed E-state index contributed by atoms with van der Waals surface area (Å²) in [6.07, 6.45) is 3.88. The fourth-order valence-corrected chi connectivity index (χ4v) is 5.53. The number of carbonyl (C=O) groups excluding carboxylic acids is 2. The zero-order valence-corrected chi connectivity index (χ0v) is 21.7. The molecule has 2 aliphatic rings. The van der Waals surface area contributed by atoms with Crippen LogP contribution < -0.4 is 0 Å². The van der Waals surface area contributed by atoms with Crippen LogP contribution >= 0.6 is 27.7 Å². The van der Waals surface area contributed by atoms with Crippen molar-refractivity contribution in [1.29, 1.82) is 0 Å². The average Bonchev–Trinajstić information content (AvgIpc) is 3.37. The van der Waals surface area contributed by atoms with Crippen LogP contribution in [0.5, 0.6) is 0 Å². The molecule has 0 radical (unpaired) electrons. The highest BCUT2D eigenvalue weighted by Crippen LogP contribution is 2.35. The number of likely N-dealkylation sites (N-methyl/N-ethyl adjacent to an activating group) is 1. The van der Waals surface area contributed by atoms with E-state index in [0.717, 1.165) is 26.6 Å². The smallest absolute Gasteiger partial charge is 0.266 e. The van der Waals surface area contributed by atoms with Crippen molar-refractivity contribution in [3.8, 4) is 0 Å². The normalized spacial score (nSPS) is 18.9. The van der Waals surface area contributed by atoms with E-state index < -0.39 is 0 Å². The van der Waals surface area contributed by atoms with Gasteiger partial charge in [0.25, 0.3) is 5.91 Å². The Morgan fingerprint density at radius 1 is 1.14 bits per heavy atom. The summed E-state index contributed by atoms with van der Waals surface area (Å²) in [5.41, 5.74) is 2.67. The lowest BCUT2D eigenvalue weighted by atomic mass is 10.1. The highest BCUT2D eigenvalue weighted by Gasteiger charge is 2.32. The van der Waals surface area contributed by atoms with Gasteiger partial charge < -0.3 is 14.2 Å². The summed E-state index contributed by atoms with van der Waals surface area (Å²) in [4.78, 5) is 34.9. The standard InChI is InChI=1S/C26H25BrN4O3S/c1-2-31-25(33)23(35-26(31)28-20-9-7-19(27)8-10-20)15-18-16-30(22-6-4-3-5-21(18)22)17-24(32)29-11-13-34-14-12-29/h3-10,15-16H,2,11-14,17H2,1H3/b23-15-,28-26?. The molecule has 3 aromatic rings. The number of rotatable bonds is 5. The minimum Gasteiger partial charge on any atom is -0.378 e. The van der Waals surface area contributed by atoms with Crippen LogP contribution in [0.2, 0.25) is 0 Å². The quantitative estimate of drug-likeness (QED) is 0.423. The molecule has 0 bridgehead atoms. The van der Waals surface area contributed by atoms with Crippen LogP contribution in [-0.4, -0.2) is 64.2 Å². The van der Waals surface area contributed by atoms with Crippen molar-refractivity contribution >= 4 is 67.3 Å². The second kappa shape index (κ2) is 10.4. The van der Waals surface area contributed by atoms with E-state index in [9.17, 15) is 9.59 Å². The zero-order valence-electron chi connectivity index (χ0n) is 19.3. The Bertz CT molecular complexity index is 1330. The van der Waals surface area contributed by atoms with Gasteiger partial charge in [0.15, 0.2) is 5.17 Å². The van der Waals surface area contributed by atoms with Crippen molar-refractivity contribution in [1.82, 2.24) is 14.4 Å². The first-order valence-corrected chi connectivity index (χ1v) is 13.1. The highest BCUT2D eigenvalue weighted by molar-refractivity contribution is 9.10. The van der Waals surface area contributed by atoms with Gasteiger partial charge in [-0.2, -0.15) is 0 Å². The first-order chi connectivity index (χ1) is 17.0. The summed E-state index contributed by atoms with van der Waals surface area (Å²) in [5.74, 6) is 0.00948. The number of aromatic nitrogens is 1. The topological polar surface area (TPSA) is 67.1 Å². The van der Waals surface area contributed by atoms with Crippen LogP contribution in [0.4, 0.5) is 5.69 Å². The zero-order chi connectivity index (χ0) is 24.4. The molecule has 7 nitrogen and oxygen atoms in total. The Morgan fingerprint density at radius 2 is 1.89 bits per heavy atom. The van der Waals surface area contributed by atoms with Gasteiger partial charge in [-0.1, -0.05) is 34.1 Å². The summed E-state index contributed by atoms with van der Waals surface area (Å²) in [7, 11) is 0. The van der Waals surface area contributed by atoms with Crippen molar-refractivity contribution in [2.45, 2.75) is 13.5 Å². The Kier molecular flexibility index (Phi) is 7.08. The van der Waals surface area contributed by atoms with Crippen molar-refractivity contribution < 1.29 is 14.3 Å². The fourth-order valence-electron chi connectivity index (χ4n) is 4.22.